The van der Waals surface area contributed by atoms with Crippen LogP contribution in [-0.4, -0.2) is 88.7 Å². The van der Waals surface area contributed by atoms with Gasteiger partial charge in [-0.05, 0) is 0 Å². The van der Waals surface area contributed by atoms with Crippen LogP contribution in [0.4, 0.5) is 5.95 Å². The molecule has 0 amide bonds. The molecule has 1 aliphatic rings. The number of nitrogen functional groups attached to an aromatic ring is 1. The van der Waals surface area contributed by atoms with Crippen LogP contribution in [0.3, 0.4) is 0 Å². The number of nitrogens with zero attached hydrogens (tertiary/aromatic N) is 3. The first-order valence-corrected chi connectivity index (χ1v) is 19.4. The summed E-state index contributed by atoms with van der Waals surface area (Å²) in [6.45, 7) is -1.47. The van der Waals surface area contributed by atoms with Gasteiger partial charge in [-0.2, -0.15) is 22.2 Å². The van der Waals surface area contributed by atoms with E-state index in [1.165, 1.54) is 0 Å². The van der Waals surface area contributed by atoms with Crippen molar-refractivity contribution in [2.45, 2.75) is 24.5 Å². The Morgan fingerprint density at radius 1 is 0.864 bits per heavy atom. The standard InChI is InChI=1S/C10H19N5O23P6/c11-10-13-7-4(8(17)14-10)12-2-15(7)9-5(16)6(34-42(26,27)38-44(30,31)36-40(21,22)23)3(33-9)1-32-41(24,25)37-43(28,29)35-39(18,19)20/h2-3,5-6,9,16H,1H2,(H,24,25)(H,26,27)(H,28,29)(H,30,31)(H2,18,19,20)(H2,21,22,23)(H3,11,13,14,17)/t3-,5-,6-,9-/m1/s1. The van der Waals surface area contributed by atoms with Gasteiger partial charge in [0.1, 0.15) is 18.3 Å². The minimum atomic E-state index is -6.10. The molecule has 0 aromatic carbocycles. The van der Waals surface area contributed by atoms with Gasteiger partial charge >= 0.3 is 46.9 Å². The van der Waals surface area contributed by atoms with Crippen LogP contribution in [0.15, 0.2) is 11.1 Å². The zero-order valence-corrected chi connectivity index (χ0v) is 25.8. The number of anilines is 1. The highest BCUT2D eigenvalue weighted by Gasteiger charge is 2.52. The van der Waals surface area contributed by atoms with Gasteiger partial charge in [0.2, 0.25) is 5.95 Å². The Morgan fingerprint density at radius 2 is 1.39 bits per heavy atom. The van der Waals surface area contributed by atoms with Gasteiger partial charge in [0.15, 0.2) is 17.4 Å². The Hall–Kier alpha value is -1.11. The van der Waals surface area contributed by atoms with Crippen LogP contribution in [0.5, 0.6) is 0 Å². The Morgan fingerprint density at radius 3 is 1.91 bits per heavy atom. The summed E-state index contributed by atoms with van der Waals surface area (Å²) in [5.74, 6) is -0.481. The number of rotatable bonds is 14. The van der Waals surface area contributed by atoms with Crippen molar-refractivity contribution in [3.05, 3.63) is 16.7 Å². The maximum absolute atomic E-state index is 12.4. The minimum Gasteiger partial charge on any atom is -0.386 e. The molecule has 2 aromatic heterocycles. The van der Waals surface area contributed by atoms with Crippen molar-refractivity contribution in [3.63, 3.8) is 0 Å². The van der Waals surface area contributed by atoms with Gasteiger partial charge in [-0.1, -0.05) is 0 Å². The first kappa shape index (κ1) is 37.3. The second kappa shape index (κ2) is 12.8. The van der Waals surface area contributed by atoms with E-state index in [1.54, 1.807) is 0 Å². The van der Waals surface area contributed by atoms with E-state index in [2.05, 4.69) is 41.2 Å². The number of imidazole rings is 1. The molecular formula is C10H19N5O23P6. The lowest BCUT2D eigenvalue weighted by Gasteiger charge is -2.24. The molecule has 3 rings (SSSR count). The highest BCUT2D eigenvalue weighted by molar-refractivity contribution is 7.67. The number of ether oxygens (including phenoxy) is 1. The van der Waals surface area contributed by atoms with Crippen LogP contribution < -0.4 is 11.3 Å². The number of hydrogen-bond acceptors (Lipinski definition) is 18. The molecule has 1 aliphatic heterocycles. The van der Waals surface area contributed by atoms with Crippen molar-refractivity contribution in [3.8, 4) is 0 Å². The average molecular weight is 763 g/mol. The molecule has 0 aliphatic carbocycles. The van der Waals surface area contributed by atoms with Crippen molar-refractivity contribution >= 4 is 64.0 Å². The molecule has 44 heavy (non-hydrogen) atoms. The second-order valence-electron chi connectivity index (χ2n) is 7.88. The van der Waals surface area contributed by atoms with Crippen molar-refractivity contribution in [1.82, 2.24) is 19.5 Å². The van der Waals surface area contributed by atoms with Crippen molar-refractivity contribution in [1.29, 1.82) is 0 Å². The SMILES string of the molecule is Nc1nc2c(ncn2[C@@H]2O[C@H](COP(=O)(O)OP(=O)(O)OP(=O)(O)O)[C@@H](OP(=O)(O)OP(=O)(O)OP(=O)(O)O)[C@H]2O)c(=O)[nH]1. The number of aliphatic hydroxyl groups is 1. The largest absolute Gasteiger partial charge is 0.490 e. The van der Waals surface area contributed by atoms with Gasteiger partial charge in [-0.25, -0.2) is 32.4 Å². The molecule has 0 bridgehead atoms. The van der Waals surface area contributed by atoms with Crippen LogP contribution in [0.1, 0.15) is 6.23 Å². The Bertz CT molecular complexity index is 1740. The maximum atomic E-state index is 12.4. The summed E-state index contributed by atoms with van der Waals surface area (Å²) in [4.78, 5) is 94.5. The second-order valence-corrected chi connectivity index (χ2v) is 16.7. The third-order valence-electron chi connectivity index (χ3n) is 4.52. The van der Waals surface area contributed by atoms with Gasteiger partial charge in [-0.3, -0.25) is 23.4 Å². The van der Waals surface area contributed by atoms with E-state index in [0.717, 1.165) is 10.9 Å². The number of H-pyrrole nitrogens is 1. The molecule has 34 heteroatoms. The fourth-order valence-electron chi connectivity index (χ4n) is 3.27. The summed E-state index contributed by atoms with van der Waals surface area (Å²) >= 11 is 0. The highest BCUT2D eigenvalue weighted by Crippen LogP contribution is 2.68. The van der Waals surface area contributed by atoms with Crippen LogP contribution in [0.25, 0.3) is 11.2 Å². The quantitative estimate of drug-likeness (QED) is 0.0928. The highest BCUT2D eigenvalue weighted by atomic mass is 31.3. The van der Waals surface area contributed by atoms with Gasteiger partial charge in [-0.15, -0.1) is 0 Å². The molecule has 12 N–H and O–H groups in total. The van der Waals surface area contributed by atoms with E-state index in [9.17, 15) is 56.9 Å². The maximum Gasteiger partial charge on any atom is 0.490 e. The van der Waals surface area contributed by atoms with Crippen molar-refractivity contribution in [2.75, 3.05) is 12.3 Å². The number of hydrogen-bond donors (Lipinski definition) is 11. The summed E-state index contributed by atoms with van der Waals surface area (Å²) in [6, 6.07) is 0. The molecule has 0 saturated carbocycles. The van der Waals surface area contributed by atoms with Gasteiger partial charge in [0.25, 0.3) is 5.56 Å². The lowest BCUT2D eigenvalue weighted by atomic mass is 10.1. The summed E-state index contributed by atoms with van der Waals surface area (Å²) in [5, 5.41) is 10.9. The number of aliphatic hydroxyl groups excluding tert-OH is 1. The topological polar surface area (TPSA) is 439 Å². The van der Waals surface area contributed by atoms with Crippen LogP contribution in [-0.2, 0) is 58.4 Å². The molecule has 8 atom stereocenters. The van der Waals surface area contributed by atoms with Gasteiger partial charge < -0.3 is 54.7 Å². The first-order valence-electron chi connectivity index (χ1n) is 10.3. The lowest BCUT2D eigenvalue weighted by Crippen LogP contribution is -2.36. The molecule has 3 heterocycles. The lowest BCUT2D eigenvalue weighted by molar-refractivity contribution is -0.0501. The zero-order valence-electron chi connectivity index (χ0n) is 20.4. The number of aromatic amines is 1. The van der Waals surface area contributed by atoms with Crippen LogP contribution in [0.2, 0.25) is 0 Å². The number of nitrogens with two attached hydrogens (primary N) is 1. The molecule has 1 fully saturated rings. The number of phosphoric ester groups is 2. The van der Waals surface area contributed by atoms with E-state index in [4.69, 9.17) is 30.0 Å². The van der Waals surface area contributed by atoms with E-state index in [-0.39, 0.29) is 0 Å². The molecule has 0 radical (unpaired) electrons. The van der Waals surface area contributed by atoms with Gasteiger partial charge in [0.05, 0.1) is 12.9 Å². The molecule has 4 unspecified atom stereocenters. The van der Waals surface area contributed by atoms with E-state index in [1.807, 2.05) is 0 Å². The Kier molecular flexibility index (Phi) is 10.9. The molecule has 2 aromatic rings. The van der Waals surface area contributed by atoms with E-state index in [0.29, 0.717) is 0 Å². The number of phosphoric acid groups is 6. The molecule has 28 nitrogen and oxygen atoms in total. The number of nitrogens with one attached hydrogen (secondary N) is 1. The molecule has 1 saturated heterocycles. The Balaban J connectivity index is 1.93. The zero-order chi connectivity index (χ0) is 33.7. The Labute approximate surface area is 240 Å². The molecular weight excluding hydrogens is 744 g/mol. The summed E-state index contributed by atoms with van der Waals surface area (Å²) < 4.78 is 98.7. The van der Waals surface area contributed by atoms with Crippen LogP contribution in [0, 0.1) is 0 Å². The van der Waals surface area contributed by atoms with E-state index < -0.39 is 101 Å². The van der Waals surface area contributed by atoms with E-state index >= 15 is 0 Å². The third kappa shape index (κ3) is 10.5. The predicted octanol–water partition coefficient (Wildman–Crippen LogP) is -1.98. The summed E-state index contributed by atoms with van der Waals surface area (Å²) in [7, 11) is -35.6. The monoisotopic (exact) mass is 763 g/mol. The molecule has 252 valence electrons. The average Bonchev–Trinajstić information content (AvgIpc) is 3.28. The fraction of sp³-hybridized carbons (Fsp3) is 0.500. The smallest absolute Gasteiger partial charge is 0.386 e. The fourth-order valence-corrected chi connectivity index (χ4v) is 9.52. The third-order valence-corrected chi connectivity index (χ3v) is 12.2. The summed E-state index contributed by atoms with van der Waals surface area (Å²) in [6.07, 6.45) is -7.93. The first-order chi connectivity index (χ1) is 19.7. The van der Waals surface area contributed by atoms with Crippen LogP contribution >= 0.6 is 46.9 Å². The number of aromatic nitrogens is 4. The summed E-state index contributed by atoms with van der Waals surface area (Å²) in [5.41, 5.74) is 3.77. The predicted molar refractivity (Wildman–Crippen MR) is 131 cm³/mol. The van der Waals surface area contributed by atoms with Gasteiger partial charge in [0, 0.05) is 0 Å². The molecule has 0 spiro atoms. The van der Waals surface area contributed by atoms with Crippen molar-refractivity contribution < 1.29 is 103 Å². The van der Waals surface area contributed by atoms with Crippen molar-refractivity contribution in [2.24, 2.45) is 0 Å². The normalized spacial score (nSPS) is 26.9. The minimum absolute atomic E-state index is 0.402. The number of fused-ring (bicyclic) bond motifs is 1.